The van der Waals surface area contributed by atoms with E-state index < -0.39 is 0 Å². The molecule has 1 rings (SSSR count). The third-order valence-corrected chi connectivity index (χ3v) is 3.48. The van der Waals surface area contributed by atoms with E-state index in [9.17, 15) is 4.79 Å². The van der Waals surface area contributed by atoms with Crippen molar-refractivity contribution in [2.75, 3.05) is 13.1 Å². The molecule has 1 heterocycles. The van der Waals surface area contributed by atoms with Crippen molar-refractivity contribution in [3.05, 3.63) is 0 Å². The Morgan fingerprint density at radius 1 is 1.43 bits per heavy atom. The van der Waals surface area contributed by atoms with Crippen LogP contribution in [0.2, 0.25) is 0 Å². The van der Waals surface area contributed by atoms with E-state index in [-0.39, 0.29) is 0 Å². The van der Waals surface area contributed by atoms with Crippen LogP contribution in [0.3, 0.4) is 0 Å². The van der Waals surface area contributed by atoms with Gasteiger partial charge in [0.15, 0.2) is 0 Å². The molecule has 14 heavy (non-hydrogen) atoms. The Balaban J connectivity index is 2.09. The summed E-state index contributed by atoms with van der Waals surface area (Å²) in [6.07, 6.45) is 6.63. The second-order valence-corrected chi connectivity index (χ2v) is 5.33. The standard InChI is InChI=1S/C11H20BrNO/c1-2-3-4-5-6-11(14)13-8-7-10(12)9-13/h10H,2-9H2,1H3. The lowest BCUT2D eigenvalue weighted by Gasteiger charge is -2.15. The maximum absolute atomic E-state index is 11.7. The van der Waals surface area contributed by atoms with Crippen molar-refractivity contribution < 1.29 is 4.79 Å². The van der Waals surface area contributed by atoms with Crippen molar-refractivity contribution in [2.24, 2.45) is 0 Å². The molecule has 0 aliphatic carbocycles. The quantitative estimate of drug-likeness (QED) is 0.551. The monoisotopic (exact) mass is 261 g/mol. The van der Waals surface area contributed by atoms with Crippen LogP contribution in [0.15, 0.2) is 0 Å². The number of rotatable bonds is 5. The fourth-order valence-corrected chi connectivity index (χ4v) is 2.36. The summed E-state index contributed by atoms with van der Waals surface area (Å²) in [5.41, 5.74) is 0. The predicted molar refractivity (Wildman–Crippen MR) is 62.7 cm³/mol. The van der Waals surface area contributed by atoms with Crippen LogP contribution in [-0.4, -0.2) is 28.7 Å². The molecule has 0 aromatic carbocycles. The van der Waals surface area contributed by atoms with Crippen molar-refractivity contribution in [1.82, 2.24) is 4.90 Å². The summed E-state index contributed by atoms with van der Waals surface area (Å²) in [5, 5.41) is 0. The highest BCUT2D eigenvalue weighted by molar-refractivity contribution is 9.09. The molecule has 2 nitrogen and oxygen atoms in total. The molecule has 82 valence electrons. The number of alkyl halides is 1. The number of nitrogens with zero attached hydrogens (tertiary/aromatic N) is 1. The van der Waals surface area contributed by atoms with E-state index in [2.05, 4.69) is 22.9 Å². The summed E-state index contributed by atoms with van der Waals surface area (Å²) in [6, 6.07) is 0. The van der Waals surface area contributed by atoms with Gasteiger partial charge in [-0.1, -0.05) is 42.1 Å². The number of carbonyl (C=O) groups is 1. The van der Waals surface area contributed by atoms with E-state index in [1.165, 1.54) is 19.3 Å². The number of hydrogen-bond donors (Lipinski definition) is 0. The molecule has 1 amide bonds. The number of amides is 1. The Labute approximate surface area is 95.2 Å². The van der Waals surface area contributed by atoms with Gasteiger partial charge in [-0.2, -0.15) is 0 Å². The molecule has 0 radical (unpaired) electrons. The Kier molecular flexibility index (Phi) is 5.53. The van der Waals surface area contributed by atoms with E-state index in [0.717, 1.165) is 32.4 Å². The van der Waals surface area contributed by atoms with Gasteiger partial charge in [-0.15, -0.1) is 0 Å². The zero-order valence-corrected chi connectivity index (χ0v) is 10.6. The average Bonchev–Trinajstić information content (AvgIpc) is 2.59. The van der Waals surface area contributed by atoms with Crippen LogP contribution in [0.5, 0.6) is 0 Å². The van der Waals surface area contributed by atoms with Gasteiger partial charge in [0.25, 0.3) is 0 Å². The molecule has 0 aromatic heterocycles. The number of unbranched alkanes of at least 4 members (excludes halogenated alkanes) is 3. The van der Waals surface area contributed by atoms with Gasteiger partial charge in [-0.25, -0.2) is 0 Å². The molecular weight excluding hydrogens is 242 g/mol. The van der Waals surface area contributed by atoms with Crippen LogP contribution >= 0.6 is 15.9 Å². The molecular formula is C11H20BrNO. The highest BCUT2D eigenvalue weighted by Crippen LogP contribution is 2.17. The SMILES string of the molecule is CCCCCCC(=O)N1CCC(Br)C1. The van der Waals surface area contributed by atoms with Gasteiger partial charge in [-0.3, -0.25) is 4.79 Å². The normalized spacial score (nSPS) is 21.6. The lowest BCUT2D eigenvalue weighted by Crippen LogP contribution is -2.28. The molecule has 0 aromatic rings. The number of carbonyl (C=O) groups excluding carboxylic acids is 1. The molecule has 1 aliphatic heterocycles. The highest BCUT2D eigenvalue weighted by Gasteiger charge is 2.23. The first-order valence-electron chi connectivity index (χ1n) is 5.66. The maximum atomic E-state index is 11.7. The van der Waals surface area contributed by atoms with Crippen LogP contribution < -0.4 is 0 Å². The first-order chi connectivity index (χ1) is 6.74. The second-order valence-electron chi connectivity index (χ2n) is 4.04. The summed E-state index contributed by atoms with van der Waals surface area (Å²) in [6.45, 7) is 4.05. The Morgan fingerprint density at radius 3 is 2.79 bits per heavy atom. The molecule has 1 saturated heterocycles. The maximum Gasteiger partial charge on any atom is 0.222 e. The third kappa shape index (κ3) is 3.99. The summed E-state index contributed by atoms with van der Waals surface area (Å²) in [7, 11) is 0. The number of halogens is 1. The fourth-order valence-electron chi connectivity index (χ4n) is 1.81. The Morgan fingerprint density at radius 2 is 2.21 bits per heavy atom. The average molecular weight is 262 g/mol. The van der Waals surface area contributed by atoms with Crippen molar-refractivity contribution >= 4 is 21.8 Å². The molecule has 0 spiro atoms. The topological polar surface area (TPSA) is 20.3 Å². The summed E-state index contributed by atoms with van der Waals surface area (Å²) in [5.74, 6) is 0.350. The lowest BCUT2D eigenvalue weighted by molar-refractivity contribution is -0.130. The van der Waals surface area contributed by atoms with Crippen molar-refractivity contribution in [1.29, 1.82) is 0 Å². The van der Waals surface area contributed by atoms with Crippen LogP contribution in [0.4, 0.5) is 0 Å². The largest absolute Gasteiger partial charge is 0.342 e. The van der Waals surface area contributed by atoms with Gasteiger partial charge in [0.1, 0.15) is 0 Å². The second kappa shape index (κ2) is 6.44. The van der Waals surface area contributed by atoms with Crippen molar-refractivity contribution in [3.63, 3.8) is 0 Å². The van der Waals surface area contributed by atoms with Gasteiger partial charge < -0.3 is 4.90 Å². The molecule has 0 bridgehead atoms. The van der Waals surface area contributed by atoms with Gasteiger partial charge in [-0.05, 0) is 12.8 Å². The van der Waals surface area contributed by atoms with Crippen LogP contribution in [-0.2, 0) is 4.79 Å². The molecule has 1 fully saturated rings. The van der Waals surface area contributed by atoms with Gasteiger partial charge in [0.05, 0.1) is 0 Å². The van der Waals surface area contributed by atoms with E-state index in [4.69, 9.17) is 0 Å². The van der Waals surface area contributed by atoms with Crippen LogP contribution in [0.25, 0.3) is 0 Å². The first-order valence-corrected chi connectivity index (χ1v) is 6.57. The zero-order valence-electron chi connectivity index (χ0n) is 8.97. The summed E-state index contributed by atoms with van der Waals surface area (Å²) in [4.78, 5) is 14.2. The smallest absolute Gasteiger partial charge is 0.222 e. The molecule has 3 heteroatoms. The van der Waals surface area contributed by atoms with E-state index in [1.807, 2.05) is 4.90 Å². The van der Waals surface area contributed by atoms with E-state index >= 15 is 0 Å². The van der Waals surface area contributed by atoms with Crippen LogP contribution in [0.1, 0.15) is 45.4 Å². The van der Waals surface area contributed by atoms with Crippen molar-refractivity contribution in [3.8, 4) is 0 Å². The highest BCUT2D eigenvalue weighted by atomic mass is 79.9. The minimum absolute atomic E-state index is 0.350. The van der Waals surface area contributed by atoms with Gasteiger partial charge in [0, 0.05) is 24.3 Å². The molecule has 1 unspecified atom stereocenters. The Bertz CT molecular complexity index is 184. The summed E-state index contributed by atoms with van der Waals surface area (Å²) >= 11 is 3.55. The fraction of sp³-hybridized carbons (Fsp3) is 0.909. The van der Waals surface area contributed by atoms with E-state index in [0.29, 0.717) is 10.7 Å². The Hall–Kier alpha value is -0.0500. The minimum atomic E-state index is 0.350. The van der Waals surface area contributed by atoms with Gasteiger partial charge >= 0.3 is 0 Å². The van der Waals surface area contributed by atoms with Gasteiger partial charge in [0.2, 0.25) is 5.91 Å². The minimum Gasteiger partial charge on any atom is -0.342 e. The lowest BCUT2D eigenvalue weighted by atomic mass is 10.1. The third-order valence-electron chi connectivity index (χ3n) is 2.73. The zero-order chi connectivity index (χ0) is 10.4. The summed E-state index contributed by atoms with van der Waals surface area (Å²) < 4.78 is 0. The molecule has 1 atom stereocenters. The van der Waals surface area contributed by atoms with E-state index in [1.54, 1.807) is 0 Å². The molecule has 0 saturated carbocycles. The number of hydrogen-bond acceptors (Lipinski definition) is 1. The molecule has 0 N–H and O–H groups in total. The predicted octanol–water partition coefficient (Wildman–Crippen LogP) is 2.95. The number of likely N-dealkylation sites (tertiary alicyclic amines) is 1. The molecule has 1 aliphatic rings. The first kappa shape index (κ1) is 12.0. The van der Waals surface area contributed by atoms with Crippen LogP contribution in [0, 0.1) is 0 Å². The van der Waals surface area contributed by atoms with Crippen molar-refractivity contribution in [2.45, 2.75) is 50.3 Å².